The molecular formula is C4H5NO2S. The quantitative estimate of drug-likeness (QED) is 0.519. The van der Waals surface area contributed by atoms with Crippen LogP contribution in [-0.4, -0.2) is 9.33 Å². The molecule has 0 saturated heterocycles. The Bertz CT molecular complexity index is 214. The minimum Gasteiger partial charge on any atom is -0.415 e. The average molecular weight is 131 g/mol. The summed E-state index contributed by atoms with van der Waals surface area (Å²) in [5, 5.41) is 10.2. The van der Waals surface area contributed by atoms with Gasteiger partial charge in [0.15, 0.2) is 0 Å². The second-order valence-electron chi connectivity index (χ2n) is 1.48. The first kappa shape index (κ1) is 5.37. The molecule has 0 aliphatic heterocycles. The summed E-state index contributed by atoms with van der Waals surface area (Å²) >= 11 is 0.991. The van der Waals surface area contributed by atoms with E-state index in [2.05, 4.69) is 0 Å². The molecule has 1 aromatic heterocycles. The third-order valence-corrected chi connectivity index (χ3v) is 1.66. The van der Waals surface area contributed by atoms with Crippen LogP contribution in [0.15, 0.2) is 10.2 Å². The van der Waals surface area contributed by atoms with E-state index in [9.17, 15) is 4.79 Å². The summed E-state index contributed by atoms with van der Waals surface area (Å²) in [4.78, 5) is 10.5. The summed E-state index contributed by atoms with van der Waals surface area (Å²) in [6, 6.07) is 0. The van der Waals surface area contributed by atoms with Crippen molar-refractivity contribution in [1.82, 2.24) is 4.12 Å². The zero-order valence-electron chi connectivity index (χ0n) is 4.29. The lowest BCUT2D eigenvalue weighted by atomic mass is 10.4. The van der Waals surface area contributed by atoms with Crippen molar-refractivity contribution in [2.75, 3.05) is 0 Å². The van der Waals surface area contributed by atoms with Crippen LogP contribution in [0.25, 0.3) is 0 Å². The Morgan fingerprint density at radius 3 is 2.62 bits per heavy atom. The zero-order chi connectivity index (χ0) is 6.15. The van der Waals surface area contributed by atoms with Crippen molar-refractivity contribution < 1.29 is 5.21 Å². The van der Waals surface area contributed by atoms with Crippen LogP contribution < -0.4 is 5.56 Å². The predicted octanol–water partition coefficient (Wildman–Crippen LogP) is 0.456. The predicted molar refractivity (Wildman–Crippen MR) is 30.5 cm³/mol. The van der Waals surface area contributed by atoms with Gasteiger partial charge in [0.1, 0.15) is 0 Å². The summed E-state index contributed by atoms with van der Waals surface area (Å²) < 4.78 is 0.606. The van der Waals surface area contributed by atoms with Gasteiger partial charge in [-0.3, -0.25) is 4.79 Å². The Morgan fingerprint density at radius 2 is 2.50 bits per heavy atom. The van der Waals surface area contributed by atoms with E-state index < -0.39 is 0 Å². The Morgan fingerprint density at radius 1 is 1.88 bits per heavy atom. The van der Waals surface area contributed by atoms with E-state index in [1.165, 1.54) is 0 Å². The van der Waals surface area contributed by atoms with Crippen molar-refractivity contribution in [2.24, 2.45) is 0 Å². The maximum atomic E-state index is 10.5. The molecule has 0 amide bonds. The van der Waals surface area contributed by atoms with Crippen LogP contribution >= 0.6 is 11.5 Å². The van der Waals surface area contributed by atoms with Gasteiger partial charge in [-0.05, 0) is 18.5 Å². The normalized spacial score (nSPS) is 9.62. The average Bonchev–Trinajstić information content (AvgIpc) is 1.98. The highest BCUT2D eigenvalue weighted by Gasteiger charge is 1.96. The SMILES string of the molecule is Cc1csn(O)c1=O. The molecule has 0 aromatic carbocycles. The molecule has 1 N–H and O–H groups in total. The van der Waals surface area contributed by atoms with E-state index in [4.69, 9.17) is 5.21 Å². The molecule has 0 spiro atoms. The number of hydrogen-bond acceptors (Lipinski definition) is 3. The number of rotatable bonds is 0. The number of nitrogens with zero attached hydrogens (tertiary/aromatic N) is 1. The smallest absolute Gasteiger partial charge is 0.297 e. The molecule has 1 aromatic rings. The van der Waals surface area contributed by atoms with E-state index in [1.807, 2.05) is 0 Å². The van der Waals surface area contributed by atoms with Crippen LogP contribution in [0.2, 0.25) is 0 Å². The first-order chi connectivity index (χ1) is 3.72. The number of aromatic nitrogens is 1. The summed E-state index contributed by atoms with van der Waals surface area (Å²) in [6.07, 6.45) is 0. The number of aryl methyl sites for hydroxylation is 1. The van der Waals surface area contributed by atoms with Crippen molar-refractivity contribution in [1.29, 1.82) is 0 Å². The Balaban J connectivity index is 3.42. The highest BCUT2D eigenvalue weighted by molar-refractivity contribution is 7.04. The van der Waals surface area contributed by atoms with Crippen molar-refractivity contribution >= 4 is 11.5 Å². The van der Waals surface area contributed by atoms with Gasteiger partial charge >= 0.3 is 0 Å². The van der Waals surface area contributed by atoms with Crippen LogP contribution in [0.1, 0.15) is 5.56 Å². The van der Waals surface area contributed by atoms with Crippen LogP contribution in [0, 0.1) is 6.92 Å². The molecule has 1 heterocycles. The lowest BCUT2D eigenvalue weighted by Crippen LogP contribution is -2.10. The van der Waals surface area contributed by atoms with Gasteiger partial charge in [0, 0.05) is 10.9 Å². The van der Waals surface area contributed by atoms with Crippen molar-refractivity contribution in [3.8, 4) is 0 Å². The Labute approximate surface area is 49.9 Å². The van der Waals surface area contributed by atoms with Crippen LogP contribution in [0.4, 0.5) is 0 Å². The van der Waals surface area contributed by atoms with Crippen LogP contribution in [0.3, 0.4) is 0 Å². The second-order valence-corrected chi connectivity index (χ2v) is 2.28. The van der Waals surface area contributed by atoms with Crippen LogP contribution in [-0.2, 0) is 0 Å². The molecule has 1 rings (SSSR count). The van der Waals surface area contributed by atoms with Gasteiger partial charge in [-0.15, -0.1) is 0 Å². The molecule has 0 bridgehead atoms. The highest BCUT2D eigenvalue weighted by Crippen LogP contribution is 1.93. The van der Waals surface area contributed by atoms with E-state index in [0.29, 0.717) is 9.68 Å². The molecule has 0 fully saturated rings. The van der Waals surface area contributed by atoms with E-state index in [0.717, 1.165) is 11.5 Å². The van der Waals surface area contributed by atoms with Gasteiger partial charge in [-0.2, -0.15) is 0 Å². The lowest BCUT2D eigenvalue weighted by molar-refractivity contribution is 0.209. The molecule has 44 valence electrons. The maximum absolute atomic E-state index is 10.5. The Kier molecular flexibility index (Phi) is 1.09. The minimum atomic E-state index is -0.324. The topological polar surface area (TPSA) is 42.2 Å². The molecule has 0 aliphatic rings. The maximum Gasteiger partial charge on any atom is 0.297 e. The van der Waals surface area contributed by atoms with Gasteiger partial charge < -0.3 is 5.21 Å². The van der Waals surface area contributed by atoms with Crippen LogP contribution in [0.5, 0.6) is 0 Å². The summed E-state index contributed by atoms with van der Waals surface area (Å²) in [7, 11) is 0. The van der Waals surface area contributed by atoms with E-state index in [-0.39, 0.29) is 5.56 Å². The van der Waals surface area contributed by atoms with Crippen molar-refractivity contribution in [3.05, 3.63) is 21.3 Å². The lowest BCUT2D eigenvalue weighted by Gasteiger charge is -1.77. The molecular weight excluding hydrogens is 126 g/mol. The largest absolute Gasteiger partial charge is 0.415 e. The van der Waals surface area contributed by atoms with E-state index in [1.54, 1.807) is 12.3 Å². The van der Waals surface area contributed by atoms with E-state index >= 15 is 0 Å². The fourth-order valence-electron chi connectivity index (χ4n) is 0.378. The molecule has 3 nitrogen and oxygen atoms in total. The fraction of sp³-hybridized carbons (Fsp3) is 0.250. The van der Waals surface area contributed by atoms with Gasteiger partial charge in [0.2, 0.25) is 0 Å². The molecule has 0 radical (unpaired) electrons. The zero-order valence-corrected chi connectivity index (χ0v) is 5.10. The first-order valence-electron chi connectivity index (χ1n) is 2.08. The highest BCUT2D eigenvalue weighted by atomic mass is 32.1. The fourth-order valence-corrected chi connectivity index (χ4v) is 0.977. The minimum absolute atomic E-state index is 0.324. The van der Waals surface area contributed by atoms with Gasteiger partial charge in [0.05, 0.1) is 0 Å². The third-order valence-electron chi connectivity index (χ3n) is 0.840. The van der Waals surface area contributed by atoms with Crippen molar-refractivity contribution in [2.45, 2.75) is 6.92 Å². The Hall–Kier alpha value is -0.770. The van der Waals surface area contributed by atoms with Gasteiger partial charge in [0.25, 0.3) is 5.56 Å². The molecule has 0 atom stereocenters. The van der Waals surface area contributed by atoms with Gasteiger partial charge in [-0.25, -0.2) is 0 Å². The molecule has 4 heteroatoms. The first-order valence-corrected chi connectivity index (χ1v) is 2.92. The molecule has 8 heavy (non-hydrogen) atoms. The molecule has 0 unspecified atom stereocenters. The molecule has 0 aliphatic carbocycles. The summed E-state index contributed by atoms with van der Waals surface area (Å²) in [6.45, 7) is 1.66. The third kappa shape index (κ3) is 0.626. The summed E-state index contributed by atoms with van der Waals surface area (Å²) in [5.74, 6) is 0. The van der Waals surface area contributed by atoms with Crippen molar-refractivity contribution in [3.63, 3.8) is 0 Å². The summed E-state index contributed by atoms with van der Waals surface area (Å²) in [5.41, 5.74) is 0.257. The monoisotopic (exact) mass is 131 g/mol. The molecule has 0 saturated carbocycles. The number of hydrogen-bond donors (Lipinski definition) is 1. The second kappa shape index (κ2) is 1.63. The van der Waals surface area contributed by atoms with Gasteiger partial charge in [-0.1, -0.05) is 4.12 Å². The standard InChI is InChI=1S/C4H5NO2S/c1-3-2-8-5(7)4(3)6/h2,7H,1H3.